The lowest BCUT2D eigenvalue weighted by Gasteiger charge is -2.12. The van der Waals surface area contributed by atoms with Crippen LogP contribution in [0.2, 0.25) is 0 Å². The van der Waals surface area contributed by atoms with Crippen LogP contribution in [0.25, 0.3) is 0 Å². The van der Waals surface area contributed by atoms with E-state index in [9.17, 15) is 0 Å². The van der Waals surface area contributed by atoms with E-state index in [1.807, 2.05) is 7.05 Å². The largest absolute Gasteiger partial charge is 0.356 e. The van der Waals surface area contributed by atoms with Gasteiger partial charge in [-0.1, -0.05) is 0 Å². The molecule has 21 heavy (non-hydrogen) atoms. The highest BCUT2D eigenvalue weighted by Gasteiger charge is 2.21. The molecule has 1 aliphatic heterocycles. The number of nitrogens with one attached hydrogen (secondary N) is 2. The van der Waals surface area contributed by atoms with Crippen molar-refractivity contribution in [3.05, 3.63) is 11.1 Å². The van der Waals surface area contributed by atoms with Crippen molar-refractivity contribution in [1.29, 1.82) is 0 Å². The highest BCUT2D eigenvalue weighted by atomic mass is 32.1. The number of aliphatic imine (C=N–C) groups is 1. The molecule has 0 spiro atoms. The molecule has 2 fully saturated rings. The molecule has 2 heterocycles. The van der Waals surface area contributed by atoms with E-state index >= 15 is 0 Å². The molecule has 116 valence electrons. The summed E-state index contributed by atoms with van der Waals surface area (Å²) in [4.78, 5) is 11.4. The molecule has 0 amide bonds. The fourth-order valence-corrected chi connectivity index (χ4v) is 3.47. The summed E-state index contributed by atoms with van der Waals surface area (Å²) < 4.78 is 0. The maximum absolute atomic E-state index is 4.74. The van der Waals surface area contributed by atoms with Crippen LogP contribution in [-0.2, 0) is 6.42 Å². The summed E-state index contributed by atoms with van der Waals surface area (Å²) in [6.07, 6.45) is 6.29. The van der Waals surface area contributed by atoms with Crippen LogP contribution in [0.5, 0.6) is 0 Å². The van der Waals surface area contributed by atoms with Crippen LogP contribution in [0, 0.1) is 5.92 Å². The highest BCUT2D eigenvalue weighted by Crippen LogP contribution is 2.27. The van der Waals surface area contributed by atoms with Crippen molar-refractivity contribution in [3.8, 4) is 0 Å². The number of nitrogens with zero attached hydrogens (tertiary/aromatic N) is 3. The average molecular weight is 307 g/mol. The molecule has 3 rings (SSSR count). The second-order valence-corrected chi connectivity index (χ2v) is 6.73. The first-order chi connectivity index (χ1) is 10.3. The van der Waals surface area contributed by atoms with Crippen LogP contribution in [0.4, 0.5) is 5.13 Å². The minimum atomic E-state index is 0.866. The summed E-state index contributed by atoms with van der Waals surface area (Å²) in [6.45, 7) is 4.27. The van der Waals surface area contributed by atoms with E-state index in [4.69, 9.17) is 4.98 Å². The maximum Gasteiger partial charge on any atom is 0.190 e. The molecule has 2 N–H and O–H groups in total. The molecule has 6 heteroatoms. The first-order valence-electron chi connectivity index (χ1n) is 7.99. The summed E-state index contributed by atoms with van der Waals surface area (Å²) in [5.74, 6) is 1.78. The average Bonchev–Trinajstić information content (AvgIpc) is 2.99. The lowest BCUT2D eigenvalue weighted by Crippen LogP contribution is -2.39. The van der Waals surface area contributed by atoms with Gasteiger partial charge in [-0.25, -0.2) is 4.98 Å². The lowest BCUT2D eigenvalue weighted by molar-refractivity contribution is 0.732. The molecule has 0 aromatic carbocycles. The first-order valence-corrected chi connectivity index (χ1v) is 8.87. The summed E-state index contributed by atoms with van der Waals surface area (Å²) in [7, 11) is 1.83. The van der Waals surface area contributed by atoms with Crippen LogP contribution in [0.3, 0.4) is 0 Å². The van der Waals surface area contributed by atoms with Crippen molar-refractivity contribution < 1.29 is 0 Å². The van der Waals surface area contributed by atoms with Gasteiger partial charge in [-0.05, 0) is 31.6 Å². The molecular formula is C15H25N5S. The third-order valence-electron chi connectivity index (χ3n) is 4.07. The number of rotatable bonds is 6. The Morgan fingerprint density at radius 3 is 2.90 bits per heavy atom. The molecule has 5 nitrogen and oxygen atoms in total. The van der Waals surface area contributed by atoms with Crippen molar-refractivity contribution >= 4 is 22.4 Å². The minimum absolute atomic E-state index is 0.866. The third-order valence-corrected chi connectivity index (χ3v) is 5.02. The number of hydrogen-bond donors (Lipinski definition) is 2. The van der Waals surface area contributed by atoms with Gasteiger partial charge in [0.15, 0.2) is 11.1 Å². The SMILES string of the molecule is CN=C(NCCc1csc(N2CCCC2)n1)NCC1CC1. The zero-order valence-corrected chi connectivity index (χ0v) is 13.6. The summed E-state index contributed by atoms with van der Waals surface area (Å²) in [6, 6.07) is 0. The number of hydrogen-bond acceptors (Lipinski definition) is 4. The molecule has 0 atom stereocenters. The van der Waals surface area contributed by atoms with E-state index < -0.39 is 0 Å². The second-order valence-electron chi connectivity index (χ2n) is 5.89. The smallest absolute Gasteiger partial charge is 0.190 e. The Morgan fingerprint density at radius 2 is 2.19 bits per heavy atom. The van der Waals surface area contributed by atoms with Gasteiger partial charge in [0, 0.05) is 45.0 Å². The minimum Gasteiger partial charge on any atom is -0.356 e. The molecule has 1 aromatic rings. The van der Waals surface area contributed by atoms with Crippen LogP contribution >= 0.6 is 11.3 Å². The van der Waals surface area contributed by atoms with Crippen molar-refractivity contribution in [2.24, 2.45) is 10.9 Å². The highest BCUT2D eigenvalue weighted by molar-refractivity contribution is 7.13. The Balaban J connectivity index is 1.39. The van der Waals surface area contributed by atoms with E-state index in [0.717, 1.165) is 31.4 Å². The monoisotopic (exact) mass is 307 g/mol. The van der Waals surface area contributed by atoms with Crippen LogP contribution < -0.4 is 15.5 Å². The van der Waals surface area contributed by atoms with E-state index in [2.05, 4.69) is 25.9 Å². The van der Waals surface area contributed by atoms with Crippen LogP contribution in [0.1, 0.15) is 31.4 Å². The lowest BCUT2D eigenvalue weighted by atomic mass is 10.3. The predicted octanol–water partition coefficient (Wildman–Crippen LogP) is 1.86. The molecule has 1 saturated heterocycles. The number of guanidine groups is 1. The van der Waals surface area contributed by atoms with Gasteiger partial charge in [0.2, 0.25) is 0 Å². The summed E-state index contributed by atoms with van der Waals surface area (Å²) >= 11 is 1.78. The molecule has 1 saturated carbocycles. The molecule has 1 aromatic heterocycles. The van der Waals surface area contributed by atoms with Crippen LogP contribution in [0.15, 0.2) is 10.4 Å². The fraction of sp³-hybridized carbons (Fsp3) is 0.733. The maximum atomic E-state index is 4.74. The second kappa shape index (κ2) is 7.11. The Hall–Kier alpha value is -1.30. The van der Waals surface area contributed by atoms with Crippen molar-refractivity contribution in [2.45, 2.75) is 32.1 Å². The van der Waals surface area contributed by atoms with Gasteiger partial charge in [0.25, 0.3) is 0 Å². The molecule has 0 radical (unpaired) electrons. The van der Waals surface area contributed by atoms with Gasteiger partial charge in [0.1, 0.15) is 0 Å². The molecular weight excluding hydrogens is 282 g/mol. The van der Waals surface area contributed by atoms with Gasteiger partial charge >= 0.3 is 0 Å². The Morgan fingerprint density at radius 1 is 1.38 bits per heavy atom. The Labute approximate surface area is 130 Å². The van der Waals surface area contributed by atoms with E-state index in [1.54, 1.807) is 11.3 Å². The van der Waals surface area contributed by atoms with E-state index in [1.165, 1.54) is 49.6 Å². The van der Waals surface area contributed by atoms with Crippen molar-refractivity contribution in [2.75, 3.05) is 38.1 Å². The summed E-state index contributed by atoms with van der Waals surface area (Å²) in [5, 5.41) is 10.1. The number of anilines is 1. The molecule has 0 unspecified atom stereocenters. The zero-order valence-electron chi connectivity index (χ0n) is 12.8. The normalized spacial score (nSPS) is 19.1. The van der Waals surface area contributed by atoms with Gasteiger partial charge in [-0.3, -0.25) is 4.99 Å². The van der Waals surface area contributed by atoms with Gasteiger partial charge in [0.05, 0.1) is 5.69 Å². The van der Waals surface area contributed by atoms with Crippen molar-refractivity contribution in [1.82, 2.24) is 15.6 Å². The Kier molecular flexibility index (Phi) is 4.95. The number of thiazole rings is 1. The van der Waals surface area contributed by atoms with Gasteiger partial charge in [-0.2, -0.15) is 0 Å². The topological polar surface area (TPSA) is 52.6 Å². The number of aromatic nitrogens is 1. The first kappa shape index (κ1) is 14.6. The standard InChI is InChI=1S/C15H25N5S/c1-16-14(18-10-12-4-5-12)17-7-6-13-11-21-15(19-13)20-8-2-3-9-20/h11-12H,2-10H2,1H3,(H2,16,17,18). The zero-order chi connectivity index (χ0) is 14.5. The summed E-state index contributed by atoms with van der Waals surface area (Å²) in [5.41, 5.74) is 1.19. The molecule has 0 bridgehead atoms. The quantitative estimate of drug-likeness (QED) is 0.622. The molecule has 2 aliphatic rings. The van der Waals surface area contributed by atoms with Crippen LogP contribution in [-0.4, -0.2) is 44.2 Å². The van der Waals surface area contributed by atoms with E-state index in [0.29, 0.717) is 0 Å². The van der Waals surface area contributed by atoms with Gasteiger partial charge in [-0.15, -0.1) is 11.3 Å². The molecule has 1 aliphatic carbocycles. The Bertz CT molecular complexity index is 474. The van der Waals surface area contributed by atoms with Crippen molar-refractivity contribution in [3.63, 3.8) is 0 Å². The fourth-order valence-electron chi connectivity index (χ4n) is 2.56. The van der Waals surface area contributed by atoms with Gasteiger partial charge < -0.3 is 15.5 Å². The van der Waals surface area contributed by atoms with E-state index in [-0.39, 0.29) is 0 Å². The predicted molar refractivity (Wildman–Crippen MR) is 89.4 cm³/mol. The third kappa shape index (κ3) is 4.33.